The van der Waals surface area contributed by atoms with Gasteiger partial charge in [-0.2, -0.15) is 0 Å². The molecule has 0 radical (unpaired) electrons. The van der Waals surface area contributed by atoms with Crippen LogP contribution in [0.2, 0.25) is 0 Å². The van der Waals surface area contributed by atoms with Gasteiger partial charge in [0.15, 0.2) is 5.76 Å². The van der Waals surface area contributed by atoms with E-state index in [1.807, 2.05) is 78.9 Å². The van der Waals surface area contributed by atoms with E-state index in [1.165, 1.54) is 5.56 Å². The van der Waals surface area contributed by atoms with Gasteiger partial charge in [0.1, 0.15) is 17.0 Å². The summed E-state index contributed by atoms with van der Waals surface area (Å²) in [6.07, 6.45) is 0. The number of ether oxygens (including phenoxy) is 1. The third kappa shape index (κ3) is 3.14. The first-order valence-electron chi connectivity index (χ1n) is 9.15. The van der Waals surface area contributed by atoms with E-state index in [0.717, 1.165) is 39.3 Å². The Morgan fingerprint density at radius 2 is 1.18 bits per heavy atom. The van der Waals surface area contributed by atoms with Crippen molar-refractivity contribution in [2.75, 3.05) is 0 Å². The fourth-order valence-electron chi connectivity index (χ4n) is 3.26. The van der Waals surface area contributed by atoms with E-state index in [2.05, 4.69) is 29.4 Å². The molecule has 0 aliphatic heterocycles. The molecule has 0 N–H and O–H groups in total. The molecule has 0 aliphatic carbocycles. The van der Waals surface area contributed by atoms with E-state index in [4.69, 9.17) is 9.26 Å². The van der Waals surface area contributed by atoms with Crippen LogP contribution in [0.4, 0.5) is 0 Å². The van der Waals surface area contributed by atoms with Crippen LogP contribution >= 0.6 is 0 Å². The molecule has 0 amide bonds. The van der Waals surface area contributed by atoms with Crippen LogP contribution < -0.4 is 4.74 Å². The molecule has 0 saturated heterocycles. The minimum atomic E-state index is 0.750. The Morgan fingerprint density at radius 1 is 0.571 bits per heavy atom. The van der Waals surface area contributed by atoms with Gasteiger partial charge in [-0.25, -0.2) is 0 Å². The second-order valence-corrected chi connectivity index (χ2v) is 6.55. The quantitative estimate of drug-likeness (QED) is 0.346. The molecule has 4 aromatic carbocycles. The van der Waals surface area contributed by atoms with Crippen LogP contribution in [0.1, 0.15) is 0 Å². The van der Waals surface area contributed by atoms with Crippen molar-refractivity contribution >= 4 is 10.9 Å². The molecule has 28 heavy (non-hydrogen) atoms. The number of rotatable bonds is 4. The van der Waals surface area contributed by atoms with E-state index >= 15 is 0 Å². The molecule has 0 bridgehead atoms. The first-order chi connectivity index (χ1) is 13.9. The molecule has 3 heteroatoms. The van der Waals surface area contributed by atoms with Gasteiger partial charge < -0.3 is 9.26 Å². The van der Waals surface area contributed by atoms with Crippen molar-refractivity contribution in [1.29, 1.82) is 0 Å². The van der Waals surface area contributed by atoms with Gasteiger partial charge in [0, 0.05) is 5.56 Å². The summed E-state index contributed by atoms with van der Waals surface area (Å²) >= 11 is 0. The Bertz CT molecular complexity index is 1210. The highest BCUT2D eigenvalue weighted by Crippen LogP contribution is 2.33. The zero-order valence-corrected chi connectivity index (χ0v) is 15.1. The fraction of sp³-hybridized carbons (Fsp3) is 0. The summed E-state index contributed by atoms with van der Waals surface area (Å²) in [6.45, 7) is 0. The number of aromatic nitrogens is 1. The van der Waals surface area contributed by atoms with Crippen LogP contribution in [-0.2, 0) is 0 Å². The topological polar surface area (TPSA) is 35.3 Å². The number of hydrogen-bond acceptors (Lipinski definition) is 3. The van der Waals surface area contributed by atoms with E-state index in [9.17, 15) is 0 Å². The summed E-state index contributed by atoms with van der Waals surface area (Å²) in [5.74, 6) is 2.29. The van der Waals surface area contributed by atoms with Crippen molar-refractivity contribution < 1.29 is 9.26 Å². The van der Waals surface area contributed by atoms with Crippen LogP contribution in [-0.4, -0.2) is 5.16 Å². The lowest BCUT2D eigenvalue weighted by atomic mass is 10.1. The summed E-state index contributed by atoms with van der Waals surface area (Å²) in [5, 5.41) is 5.09. The minimum absolute atomic E-state index is 0.750. The lowest BCUT2D eigenvalue weighted by Crippen LogP contribution is -1.85. The number of benzene rings is 4. The predicted octanol–water partition coefficient (Wildman–Crippen LogP) is 6.95. The van der Waals surface area contributed by atoms with Crippen molar-refractivity contribution in [2.45, 2.75) is 0 Å². The SMILES string of the molecule is c1ccc(-c2ccc(Oc3ccc4noc(-c5ccccc5)c4c3)cc2)cc1. The molecule has 134 valence electrons. The molecule has 0 fully saturated rings. The number of nitrogens with zero attached hydrogens (tertiary/aromatic N) is 1. The molecule has 1 aromatic heterocycles. The average Bonchev–Trinajstić information content (AvgIpc) is 3.19. The fourth-order valence-corrected chi connectivity index (χ4v) is 3.26. The lowest BCUT2D eigenvalue weighted by Gasteiger charge is -2.07. The van der Waals surface area contributed by atoms with Crippen molar-refractivity contribution in [3.63, 3.8) is 0 Å². The molecular formula is C25H17NO2. The number of fused-ring (bicyclic) bond motifs is 1. The Kier molecular flexibility index (Phi) is 4.11. The monoisotopic (exact) mass is 363 g/mol. The maximum Gasteiger partial charge on any atom is 0.174 e. The number of hydrogen-bond donors (Lipinski definition) is 0. The van der Waals surface area contributed by atoms with Crippen molar-refractivity contribution in [3.05, 3.63) is 103 Å². The van der Waals surface area contributed by atoms with Crippen molar-refractivity contribution in [3.8, 4) is 33.9 Å². The Hall–Kier alpha value is -3.85. The van der Waals surface area contributed by atoms with Gasteiger partial charge in [-0.15, -0.1) is 0 Å². The minimum Gasteiger partial charge on any atom is -0.457 e. The van der Waals surface area contributed by atoms with Crippen LogP contribution in [0.25, 0.3) is 33.4 Å². The normalized spacial score (nSPS) is 10.9. The van der Waals surface area contributed by atoms with E-state index in [0.29, 0.717) is 0 Å². The summed E-state index contributed by atoms with van der Waals surface area (Å²) in [6, 6.07) is 34.2. The molecular weight excluding hydrogens is 346 g/mol. The second-order valence-electron chi connectivity index (χ2n) is 6.55. The maximum absolute atomic E-state index is 6.07. The summed E-state index contributed by atoms with van der Waals surface area (Å²) in [7, 11) is 0. The third-order valence-corrected chi connectivity index (χ3v) is 4.68. The van der Waals surface area contributed by atoms with Gasteiger partial charge in [-0.05, 0) is 41.5 Å². The van der Waals surface area contributed by atoms with Crippen LogP contribution in [0, 0.1) is 0 Å². The van der Waals surface area contributed by atoms with Crippen LogP contribution in [0.3, 0.4) is 0 Å². The van der Waals surface area contributed by atoms with Gasteiger partial charge in [0.25, 0.3) is 0 Å². The van der Waals surface area contributed by atoms with Crippen LogP contribution in [0.15, 0.2) is 108 Å². The largest absolute Gasteiger partial charge is 0.457 e. The van der Waals surface area contributed by atoms with Gasteiger partial charge in [0.05, 0.1) is 5.39 Å². The summed E-state index contributed by atoms with van der Waals surface area (Å²) in [4.78, 5) is 0. The zero-order chi connectivity index (χ0) is 18.8. The molecule has 0 unspecified atom stereocenters. The third-order valence-electron chi connectivity index (χ3n) is 4.68. The van der Waals surface area contributed by atoms with Crippen molar-refractivity contribution in [2.24, 2.45) is 0 Å². The molecule has 0 aliphatic rings. The molecule has 1 heterocycles. The van der Waals surface area contributed by atoms with Crippen molar-refractivity contribution in [1.82, 2.24) is 5.16 Å². The lowest BCUT2D eigenvalue weighted by molar-refractivity contribution is 0.441. The highest BCUT2D eigenvalue weighted by molar-refractivity contribution is 5.92. The average molecular weight is 363 g/mol. The maximum atomic E-state index is 6.07. The highest BCUT2D eigenvalue weighted by Gasteiger charge is 2.12. The first kappa shape index (κ1) is 16.3. The Morgan fingerprint density at radius 3 is 1.89 bits per heavy atom. The predicted molar refractivity (Wildman–Crippen MR) is 111 cm³/mol. The highest BCUT2D eigenvalue weighted by atomic mass is 16.5. The van der Waals surface area contributed by atoms with E-state index in [1.54, 1.807) is 0 Å². The molecule has 5 aromatic rings. The first-order valence-corrected chi connectivity index (χ1v) is 9.15. The zero-order valence-electron chi connectivity index (χ0n) is 15.1. The smallest absolute Gasteiger partial charge is 0.174 e. The van der Waals surface area contributed by atoms with E-state index < -0.39 is 0 Å². The van der Waals surface area contributed by atoms with Gasteiger partial charge in [-0.3, -0.25) is 0 Å². The van der Waals surface area contributed by atoms with Gasteiger partial charge >= 0.3 is 0 Å². The molecule has 3 nitrogen and oxygen atoms in total. The molecule has 5 rings (SSSR count). The molecule has 0 saturated carbocycles. The Labute approximate surface area is 162 Å². The van der Waals surface area contributed by atoms with Crippen LogP contribution in [0.5, 0.6) is 11.5 Å². The standard InChI is InChI=1S/C25H17NO2/c1-3-7-18(8-4-1)19-11-13-21(14-12-19)27-22-15-16-24-23(17-22)25(28-26-24)20-9-5-2-6-10-20/h1-17H. The second kappa shape index (κ2) is 7.05. The van der Waals surface area contributed by atoms with Gasteiger partial charge in [-0.1, -0.05) is 78.0 Å². The molecule has 0 spiro atoms. The molecule has 0 atom stereocenters. The van der Waals surface area contributed by atoms with Gasteiger partial charge in [0.2, 0.25) is 0 Å². The summed E-state index contributed by atoms with van der Waals surface area (Å²) in [5.41, 5.74) is 4.15. The summed E-state index contributed by atoms with van der Waals surface area (Å²) < 4.78 is 11.6. The Balaban J connectivity index is 1.44. The van der Waals surface area contributed by atoms with E-state index in [-0.39, 0.29) is 0 Å².